The zero-order chi connectivity index (χ0) is 12.1. The molecule has 0 aliphatic heterocycles. The van der Waals surface area contributed by atoms with Crippen LogP contribution in [0.25, 0.3) is 0 Å². The second-order valence-corrected chi connectivity index (χ2v) is 3.95. The van der Waals surface area contributed by atoms with Gasteiger partial charge in [-0.1, -0.05) is 11.6 Å². The van der Waals surface area contributed by atoms with Gasteiger partial charge in [0.2, 0.25) is 0 Å². The number of ether oxygens (including phenoxy) is 2. The van der Waals surface area contributed by atoms with Crippen molar-refractivity contribution in [2.75, 3.05) is 14.2 Å². The molecule has 0 spiro atoms. The Bertz CT molecular complexity index is 306. The minimum Gasteiger partial charge on any atom is -0.469 e. The zero-order valence-electron chi connectivity index (χ0n) is 9.99. The molecule has 4 nitrogen and oxygen atoms in total. The Kier molecular flexibility index (Phi) is 4.52. The van der Waals surface area contributed by atoms with Crippen LogP contribution in [-0.4, -0.2) is 26.2 Å². The summed E-state index contributed by atoms with van der Waals surface area (Å²) in [6.45, 7) is 1.95. The van der Waals surface area contributed by atoms with Crippen molar-refractivity contribution in [2.45, 2.75) is 26.2 Å². The first-order valence-corrected chi connectivity index (χ1v) is 5.43. The fourth-order valence-corrected chi connectivity index (χ4v) is 2.16. The summed E-state index contributed by atoms with van der Waals surface area (Å²) in [5.41, 5.74) is 1.20. The average Bonchev–Trinajstić information content (AvgIpc) is 2.36. The molecule has 1 aliphatic carbocycles. The van der Waals surface area contributed by atoms with E-state index in [1.165, 1.54) is 19.8 Å². The molecule has 0 aromatic rings. The number of hydrogen-bond donors (Lipinski definition) is 0. The Hall–Kier alpha value is -1.32. The summed E-state index contributed by atoms with van der Waals surface area (Å²) in [6, 6.07) is 0. The van der Waals surface area contributed by atoms with Gasteiger partial charge >= 0.3 is 11.9 Å². The number of methoxy groups -OCH3 is 2. The molecule has 2 unspecified atom stereocenters. The summed E-state index contributed by atoms with van der Waals surface area (Å²) in [5.74, 6) is -1.39. The smallest absolute Gasteiger partial charge is 0.309 e. The Morgan fingerprint density at radius 2 is 1.75 bits per heavy atom. The van der Waals surface area contributed by atoms with Crippen molar-refractivity contribution in [3.8, 4) is 0 Å². The molecule has 0 radical (unpaired) electrons. The number of carbonyl (C=O) groups excluding carboxylic acids is 2. The molecule has 1 rings (SSSR count). The molecule has 0 heterocycles. The normalized spacial score (nSPS) is 27.6. The van der Waals surface area contributed by atoms with Gasteiger partial charge in [-0.25, -0.2) is 0 Å². The van der Waals surface area contributed by atoms with Gasteiger partial charge in [-0.3, -0.25) is 9.59 Å². The van der Waals surface area contributed by atoms with E-state index in [0.29, 0.717) is 12.8 Å². The van der Waals surface area contributed by atoms with Crippen molar-refractivity contribution >= 4 is 11.9 Å². The zero-order valence-corrected chi connectivity index (χ0v) is 9.99. The molecule has 90 valence electrons. The molecule has 1 saturated carbocycles. The van der Waals surface area contributed by atoms with Gasteiger partial charge in [0.15, 0.2) is 0 Å². The van der Waals surface area contributed by atoms with Gasteiger partial charge in [-0.15, -0.1) is 0 Å². The third-order valence-corrected chi connectivity index (χ3v) is 3.16. The third kappa shape index (κ3) is 2.62. The van der Waals surface area contributed by atoms with Crippen LogP contribution in [0.3, 0.4) is 0 Å². The fourth-order valence-electron chi connectivity index (χ4n) is 2.16. The van der Waals surface area contributed by atoms with Crippen molar-refractivity contribution in [1.29, 1.82) is 0 Å². The van der Waals surface area contributed by atoms with Gasteiger partial charge in [-0.05, 0) is 26.2 Å². The van der Waals surface area contributed by atoms with Crippen LogP contribution < -0.4 is 0 Å². The molecule has 0 aromatic heterocycles. The predicted molar refractivity (Wildman–Crippen MR) is 58.6 cm³/mol. The van der Waals surface area contributed by atoms with Crippen molar-refractivity contribution in [2.24, 2.45) is 11.8 Å². The molecule has 4 heteroatoms. The Morgan fingerprint density at radius 3 is 2.25 bits per heavy atom. The lowest BCUT2D eigenvalue weighted by molar-refractivity contribution is -0.158. The van der Waals surface area contributed by atoms with E-state index in [-0.39, 0.29) is 17.9 Å². The number of carbonyl (C=O) groups is 2. The van der Waals surface area contributed by atoms with Crippen LogP contribution >= 0.6 is 0 Å². The largest absolute Gasteiger partial charge is 0.469 e. The SMILES string of the molecule is C/C=C1\CCC(C(=O)OC)C(C(=O)OC)C1. The summed E-state index contributed by atoms with van der Waals surface area (Å²) >= 11 is 0. The van der Waals surface area contributed by atoms with Crippen LogP contribution in [0.4, 0.5) is 0 Å². The van der Waals surface area contributed by atoms with Gasteiger partial charge in [0.05, 0.1) is 26.1 Å². The van der Waals surface area contributed by atoms with E-state index in [4.69, 9.17) is 9.47 Å². The van der Waals surface area contributed by atoms with Crippen LogP contribution in [0.1, 0.15) is 26.2 Å². The van der Waals surface area contributed by atoms with Crippen LogP contribution in [0.15, 0.2) is 11.6 Å². The Morgan fingerprint density at radius 1 is 1.19 bits per heavy atom. The Labute approximate surface area is 95.6 Å². The van der Waals surface area contributed by atoms with Crippen LogP contribution in [0.2, 0.25) is 0 Å². The third-order valence-electron chi connectivity index (χ3n) is 3.16. The molecule has 16 heavy (non-hydrogen) atoms. The van der Waals surface area contributed by atoms with Gasteiger partial charge in [0.1, 0.15) is 0 Å². The second kappa shape index (κ2) is 5.68. The lowest BCUT2D eigenvalue weighted by Crippen LogP contribution is -2.34. The summed E-state index contributed by atoms with van der Waals surface area (Å²) in [7, 11) is 2.70. The van der Waals surface area contributed by atoms with E-state index in [1.54, 1.807) is 0 Å². The molecule has 1 fully saturated rings. The highest BCUT2D eigenvalue weighted by atomic mass is 16.5. The number of hydrogen-bond acceptors (Lipinski definition) is 4. The van der Waals surface area contributed by atoms with Crippen molar-refractivity contribution < 1.29 is 19.1 Å². The minimum absolute atomic E-state index is 0.314. The van der Waals surface area contributed by atoms with Crippen LogP contribution in [0.5, 0.6) is 0 Å². The van der Waals surface area contributed by atoms with Gasteiger partial charge in [0.25, 0.3) is 0 Å². The maximum atomic E-state index is 11.6. The van der Waals surface area contributed by atoms with Crippen molar-refractivity contribution in [3.63, 3.8) is 0 Å². The highest BCUT2D eigenvalue weighted by Crippen LogP contribution is 2.34. The van der Waals surface area contributed by atoms with Crippen LogP contribution in [-0.2, 0) is 19.1 Å². The monoisotopic (exact) mass is 226 g/mol. The van der Waals surface area contributed by atoms with Crippen LogP contribution in [0, 0.1) is 11.8 Å². The maximum absolute atomic E-state index is 11.6. The summed E-state index contributed by atoms with van der Waals surface area (Å²) in [4.78, 5) is 23.1. The highest BCUT2D eigenvalue weighted by Gasteiger charge is 2.38. The lowest BCUT2D eigenvalue weighted by Gasteiger charge is -2.29. The Balaban J connectivity index is 2.83. The molecule has 0 N–H and O–H groups in total. The number of esters is 2. The topological polar surface area (TPSA) is 52.6 Å². The average molecular weight is 226 g/mol. The first-order chi connectivity index (χ1) is 7.63. The van der Waals surface area contributed by atoms with E-state index in [0.717, 1.165) is 6.42 Å². The molecule has 2 atom stereocenters. The van der Waals surface area contributed by atoms with Crippen molar-refractivity contribution in [1.82, 2.24) is 0 Å². The molecule has 1 aliphatic rings. The molecule has 0 saturated heterocycles. The van der Waals surface area contributed by atoms with Gasteiger partial charge < -0.3 is 9.47 Å². The fraction of sp³-hybridized carbons (Fsp3) is 0.667. The van der Waals surface area contributed by atoms with E-state index < -0.39 is 5.92 Å². The van der Waals surface area contributed by atoms with E-state index in [9.17, 15) is 9.59 Å². The quantitative estimate of drug-likeness (QED) is 0.531. The minimum atomic E-state index is -0.391. The standard InChI is InChI=1S/C12H18O4/c1-4-8-5-6-9(11(13)15-2)10(7-8)12(14)16-3/h4,9-10H,5-7H2,1-3H3/b8-4+. The summed E-state index contributed by atoms with van der Waals surface area (Å²) in [6.07, 6.45) is 4.11. The lowest BCUT2D eigenvalue weighted by atomic mass is 9.76. The predicted octanol–water partition coefficient (Wildman–Crippen LogP) is 1.70. The second-order valence-electron chi connectivity index (χ2n) is 3.95. The number of rotatable bonds is 2. The number of allylic oxidation sites excluding steroid dienone is 2. The molecule has 0 amide bonds. The molecule has 0 bridgehead atoms. The highest BCUT2D eigenvalue weighted by molar-refractivity contribution is 5.82. The molecule has 0 aromatic carbocycles. The first kappa shape index (κ1) is 12.7. The first-order valence-electron chi connectivity index (χ1n) is 5.43. The summed E-state index contributed by atoms with van der Waals surface area (Å²) < 4.78 is 9.45. The maximum Gasteiger partial charge on any atom is 0.309 e. The van der Waals surface area contributed by atoms with Gasteiger partial charge in [-0.2, -0.15) is 0 Å². The van der Waals surface area contributed by atoms with Gasteiger partial charge in [0, 0.05) is 0 Å². The molecular weight excluding hydrogens is 208 g/mol. The van der Waals surface area contributed by atoms with E-state index in [2.05, 4.69) is 0 Å². The molecular formula is C12H18O4. The van der Waals surface area contributed by atoms with E-state index in [1.807, 2.05) is 13.0 Å². The van der Waals surface area contributed by atoms with Crippen molar-refractivity contribution in [3.05, 3.63) is 11.6 Å². The summed E-state index contributed by atoms with van der Waals surface area (Å²) in [5, 5.41) is 0. The van der Waals surface area contributed by atoms with E-state index >= 15 is 0 Å².